The lowest BCUT2D eigenvalue weighted by Gasteiger charge is -2.21. The summed E-state index contributed by atoms with van der Waals surface area (Å²) in [6.45, 7) is 5.97. The Balaban J connectivity index is 2.54. The van der Waals surface area contributed by atoms with Crippen molar-refractivity contribution in [2.24, 2.45) is 0 Å². The van der Waals surface area contributed by atoms with E-state index in [1.807, 2.05) is 23.1 Å². The average molecular weight is 193 g/mol. The van der Waals surface area contributed by atoms with Gasteiger partial charge in [0.2, 0.25) is 5.91 Å². The first kappa shape index (κ1) is 11.0. The molecule has 0 aromatic heterocycles. The molecule has 14 heavy (non-hydrogen) atoms. The number of allylic oxidation sites excluding steroid dienone is 3. The highest BCUT2D eigenvalue weighted by molar-refractivity contribution is 5.94. The number of nitrogens with zero attached hydrogens (tertiary/aromatic N) is 1. The number of hydrogen-bond donors (Lipinski definition) is 0. The maximum Gasteiger partial charge on any atom is 0.250 e. The number of hydrogen-bond acceptors (Lipinski definition) is 1. The van der Waals surface area contributed by atoms with Crippen LogP contribution in [0.5, 0.6) is 0 Å². The van der Waals surface area contributed by atoms with E-state index >= 15 is 0 Å². The van der Waals surface area contributed by atoms with Crippen LogP contribution in [0, 0.1) is 0 Å². The van der Waals surface area contributed by atoms with Crippen molar-refractivity contribution in [1.29, 1.82) is 0 Å². The monoisotopic (exact) mass is 193 g/mol. The van der Waals surface area contributed by atoms with Crippen molar-refractivity contribution in [2.75, 3.05) is 13.1 Å². The maximum atomic E-state index is 11.9. The summed E-state index contributed by atoms with van der Waals surface area (Å²) in [5.41, 5.74) is 0.937. The highest BCUT2D eigenvalue weighted by Gasteiger charge is 2.16. The van der Waals surface area contributed by atoms with Crippen molar-refractivity contribution in [1.82, 2.24) is 4.90 Å². The van der Waals surface area contributed by atoms with Gasteiger partial charge in [0.25, 0.3) is 0 Å². The van der Waals surface area contributed by atoms with Crippen molar-refractivity contribution in [3.05, 3.63) is 23.8 Å². The smallest absolute Gasteiger partial charge is 0.250 e. The van der Waals surface area contributed by atoms with Crippen molar-refractivity contribution < 1.29 is 4.79 Å². The Kier molecular flexibility index (Phi) is 4.44. The van der Waals surface area contributed by atoms with Gasteiger partial charge in [-0.3, -0.25) is 4.79 Å². The Labute approximate surface area is 86.3 Å². The van der Waals surface area contributed by atoms with Gasteiger partial charge in [0.05, 0.1) is 0 Å². The topological polar surface area (TPSA) is 20.3 Å². The molecule has 78 valence electrons. The van der Waals surface area contributed by atoms with Crippen molar-refractivity contribution in [2.45, 2.75) is 33.1 Å². The summed E-state index contributed by atoms with van der Waals surface area (Å²) in [4.78, 5) is 13.9. The minimum atomic E-state index is 0.221. The minimum absolute atomic E-state index is 0.221. The first-order valence-corrected chi connectivity index (χ1v) is 5.44. The van der Waals surface area contributed by atoms with E-state index in [9.17, 15) is 4.79 Å². The van der Waals surface area contributed by atoms with E-state index in [0.29, 0.717) is 0 Å². The molecule has 0 radical (unpaired) electrons. The van der Waals surface area contributed by atoms with Gasteiger partial charge in [-0.1, -0.05) is 32.1 Å². The second-order valence-corrected chi connectivity index (χ2v) is 3.62. The summed E-state index contributed by atoms with van der Waals surface area (Å²) < 4.78 is 0. The van der Waals surface area contributed by atoms with E-state index in [2.05, 4.69) is 13.8 Å². The first-order valence-electron chi connectivity index (χ1n) is 5.44. The molecular weight excluding hydrogens is 174 g/mol. The molecule has 0 fully saturated rings. The molecule has 0 aliphatic heterocycles. The fourth-order valence-electron chi connectivity index (χ4n) is 1.66. The van der Waals surface area contributed by atoms with Gasteiger partial charge in [-0.15, -0.1) is 0 Å². The molecule has 1 aliphatic rings. The predicted octanol–water partition coefficient (Wildman–Crippen LogP) is 2.52. The van der Waals surface area contributed by atoms with Crippen LogP contribution in [0.4, 0.5) is 0 Å². The number of carbonyl (C=O) groups is 1. The first-order chi connectivity index (χ1) is 6.79. The fraction of sp³-hybridized carbons (Fsp3) is 0.583. The van der Waals surface area contributed by atoms with Crippen molar-refractivity contribution in [3.8, 4) is 0 Å². The molecule has 2 nitrogen and oxygen atoms in total. The summed E-state index contributed by atoms with van der Waals surface area (Å²) in [5.74, 6) is 0.221. The summed E-state index contributed by atoms with van der Waals surface area (Å²) in [6.07, 6.45) is 8.80. The summed E-state index contributed by atoms with van der Waals surface area (Å²) in [6, 6.07) is 0. The molecule has 0 saturated carbocycles. The van der Waals surface area contributed by atoms with Crippen LogP contribution >= 0.6 is 0 Å². The zero-order chi connectivity index (χ0) is 10.4. The molecule has 1 amide bonds. The standard InChI is InChI=1S/C12H19NO/c1-3-9-13(10-4-2)12(14)11-7-5-6-8-11/h5-7H,3-4,8-10H2,1-2H3. The van der Waals surface area contributed by atoms with Crippen molar-refractivity contribution in [3.63, 3.8) is 0 Å². The van der Waals surface area contributed by atoms with Gasteiger partial charge in [-0.05, 0) is 19.3 Å². The third-order valence-electron chi connectivity index (χ3n) is 2.32. The van der Waals surface area contributed by atoms with E-state index in [1.54, 1.807) is 0 Å². The van der Waals surface area contributed by atoms with Gasteiger partial charge in [0.1, 0.15) is 0 Å². The van der Waals surface area contributed by atoms with E-state index in [1.165, 1.54) is 0 Å². The maximum absolute atomic E-state index is 11.9. The van der Waals surface area contributed by atoms with Crippen molar-refractivity contribution >= 4 is 5.91 Å². The Bertz CT molecular complexity index is 247. The zero-order valence-corrected chi connectivity index (χ0v) is 9.12. The lowest BCUT2D eigenvalue weighted by Crippen LogP contribution is -2.33. The molecule has 0 N–H and O–H groups in total. The molecule has 2 heteroatoms. The predicted molar refractivity (Wildman–Crippen MR) is 59.0 cm³/mol. The van der Waals surface area contributed by atoms with Crippen LogP contribution in [0.25, 0.3) is 0 Å². The minimum Gasteiger partial charge on any atom is -0.339 e. The second kappa shape index (κ2) is 5.63. The Morgan fingerprint density at radius 3 is 2.43 bits per heavy atom. The summed E-state index contributed by atoms with van der Waals surface area (Å²) in [7, 11) is 0. The van der Waals surface area contributed by atoms with Gasteiger partial charge in [-0.25, -0.2) is 0 Å². The van der Waals surface area contributed by atoms with E-state index in [0.717, 1.165) is 37.9 Å². The molecular formula is C12H19NO. The third-order valence-corrected chi connectivity index (χ3v) is 2.32. The normalized spacial score (nSPS) is 14.3. The van der Waals surface area contributed by atoms with E-state index < -0.39 is 0 Å². The fourth-order valence-corrected chi connectivity index (χ4v) is 1.66. The highest BCUT2D eigenvalue weighted by atomic mass is 16.2. The number of rotatable bonds is 5. The highest BCUT2D eigenvalue weighted by Crippen LogP contribution is 2.14. The Morgan fingerprint density at radius 1 is 1.36 bits per heavy atom. The lowest BCUT2D eigenvalue weighted by molar-refractivity contribution is -0.127. The lowest BCUT2D eigenvalue weighted by atomic mass is 10.2. The summed E-state index contributed by atoms with van der Waals surface area (Å²) >= 11 is 0. The van der Waals surface area contributed by atoms with Crippen LogP contribution in [-0.4, -0.2) is 23.9 Å². The van der Waals surface area contributed by atoms with Crippen LogP contribution in [-0.2, 0) is 4.79 Å². The van der Waals surface area contributed by atoms with E-state index in [-0.39, 0.29) is 5.91 Å². The molecule has 0 bridgehead atoms. The number of carbonyl (C=O) groups excluding carboxylic acids is 1. The second-order valence-electron chi connectivity index (χ2n) is 3.62. The van der Waals surface area contributed by atoms with Gasteiger partial charge in [0, 0.05) is 18.7 Å². The molecule has 0 saturated heterocycles. The van der Waals surface area contributed by atoms with Crippen LogP contribution < -0.4 is 0 Å². The quantitative estimate of drug-likeness (QED) is 0.657. The van der Waals surface area contributed by atoms with Gasteiger partial charge < -0.3 is 4.90 Å². The largest absolute Gasteiger partial charge is 0.339 e. The molecule has 1 aliphatic carbocycles. The Morgan fingerprint density at radius 2 is 2.00 bits per heavy atom. The summed E-state index contributed by atoms with van der Waals surface area (Å²) in [5, 5.41) is 0. The van der Waals surface area contributed by atoms with Crippen LogP contribution in [0.1, 0.15) is 33.1 Å². The SMILES string of the molecule is CCCN(CCC)C(=O)C1=CC=CC1. The molecule has 1 rings (SSSR count). The van der Waals surface area contributed by atoms with Gasteiger partial charge in [0.15, 0.2) is 0 Å². The third kappa shape index (κ3) is 2.72. The van der Waals surface area contributed by atoms with Gasteiger partial charge >= 0.3 is 0 Å². The Hall–Kier alpha value is -1.05. The van der Waals surface area contributed by atoms with Gasteiger partial charge in [-0.2, -0.15) is 0 Å². The van der Waals surface area contributed by atoms with Crippen LogP contribution in [0.3, 0.4) is 0 Å². The molecule has 0 atom stereocenters. The number of amides is 1. The molecule has 0 unspecified atom stereocenters. The molecule has 0 aromatic carbocycles. The molecule has 0 aromatic rings. The average Bonchev–Trinajstić information content (AvgIpc) is 2.69. The molecule has 0 spiro atoms. The van der Waals surface area contributed by atoms with Crippen LogP contribution in [0.15, 0.2) is 23.8 Å². The van der Waals surface area contributed by atoms with E-state index in [4.69, 9.17) is 0 Å². The zero-order valence-electron chi connectivity index (χ0n) is 9.12. The molecule has 0 heterocycles. The van der Waals surface area contributed by atoms with Crippen LogP contribution in [0.2, 0.25) is 0 Å².